The highest BCUT2D eigenvalue weighted by molar-refractivity contribution is 5.90. The Kier molecular flexibility index (Phi) is 9.34. The Labute approximate surface area is 199 Å². The number of rotatable bonds is 10. The maximum atomic E-state index is 14.5. The van der Waals surface area contributed by atoms with E-state index in [0.29, 0.717) is 49.9 Å². The number of hydrogen-bond acceptors (Lipinski definition) is 4. The molecule has 0 atom stereocenters. The van der Waals surface area contributed by atoms with E-state index in [0.717, 1.165) is 24.3 Å². The van der Waals surface area contributed by atoms with E-state index in [-0.39, 0.29) is 13.2 Å². The largest absolute Gasteiger partial charge is 0.462 e. The first-order valence-corrected chi connectivity index (χ1v) is 11.1. The van der Waals surface area contributed by atoms with Gasteiger partial charge in [-0.1, -0.05) is 51.0 Å². The Hall–Kier alpha value is -3.04. The number of carbonyl (C=O) groups excluding carboxylic acids is 2. The summed E-state index contributed by atoms with van der Waals surface area (Å²) in [6.07, 6.45) is -9.42. The van der Waals surface area contributed by atoms with E-state index >= 15 is 0 Å². The average molecular weight is 504 g/mol. The van der Waals surface area contributed by atoms with E-state index in [4.69, 9.17) is 9.47 Å². The second kappa shape index (κ2) is 11.6. The van der Waals surface area contributed by atoms with Crippen molar-refractivity contribution in [2.45, 2.75) is 57.3 Å². The number of ether oxygens (including phenoxy) is 2. The van der Waals surface area contributed by atoms with Crippen molar-refractivity contribution in [1.82, 2.24) is 0 Å². The first-order valence-electron chi connectivity index (χ1n) is 11.1. The fourth-order valence-corrected chi connectivity index (χ4v) is 3.53. The summed E-state index contributed by atoms with van der Waals surface area (Å²) in [7, 11) is 0. The monoisotopic (exact) mass is 504 g/mol. The molecule has 2 aromatic carbocycles. The van der Waals surface area contributed by atoms with E-state index in [1.54, 1.807) is 0 Å². The van der Waals surface area contributed by atoms with Gasteiger partial charge in [0.2, 0.25) is 5.41 Å². The van der Waals surface area contributed by atoms with Gasteiger partial charge in [0, 0.05) is 0 Å². The van der Waals surface area contributed by atoms with Crippen molar-refractivity contribution in [3.05, 3.63) is 70.8 Å². The maximum Gasteiger partial charge on any atom is 0.411 e. The zero-order valence-corrected chi connectivity index (χ0v) is 19.3. The summed E-state index contributed by atoms with van der Waals surface area (Å²) in [6, 6.07) is 6.38. The van der Waals surface area contributed by atoms with Crippen molar-refractivity contribution < 1.29 is 45.4 Å². The summed E-state index contributed by atoms with van der Waals surface area (Å²) in [4.78, 5) is 24.5. The summed E-state index contributed by atoms with van der Waals surface area (Å²) < 4.78 is 96.6. The highest BCUT2D eigenvalue weighted by Gasteiger charge is 2.72. The lowest BCUT2D eigenvalue weighted by atomic mass is 9.72. The Morgan fingerprint density at radius 1 is 0.686 bits per heavy atom. The lowest BCUT2D eigenvalue weighted by Crippen LogP contribution is -2.54. The van der Waals surface area contributed by atoms with Crippen LogP contribution in [0.1, 0.15) is 71.4 Å². The first kappa shape index (κ1) is 28.2. The van der Waals surface area contributed by atoms with Crippen LogP contribution >= 0.6 is 0 Å². The molecular weight excluding hydrogens is 478 g/mol. The Balaban J connectivity index is 2.67. The summed E-state index contributed by atoms with van der Waals surface area (Å²) in [5, 5.41) is 0. The molecular formula is C25H26F6O4. The van der Waals surface area contributed by atoms with Crippen LogP contribution in [0.15, 0.2) is 48.5 Å². The lowest BCUT2D eigenvalue weighted by Gasteiger charge is -2.38. The third-order valence-corrected chi connectivity index (χ3v) is 5.38. The molecule has 0 spiro atoms. The number of hydrogen-bond donors (Lipinski definition) is 0. The number of benzene rings is 2. The van der Waals surface area contributed by atoms with E-state index in [1.165, 1.54) is 0 Å². The van der Waals surface area contributed by atoms with E-state index in [1.807, 2.05) is 13.8 Å². The summed E-state index contributed by atoms with van der Waals surface area (Å²) >= 11 is 0. The molecule has 0 unspecified atom stereocenters. The lowest BCUT2D eigenvalue weighted by molar-refractivity contribution is -0.288. The Morgan fingerprint density at radius 2 is 1.06 bits per heavy atom. The molecule has 2 aromatic rings. The van der Waals surface area contributed by atoms with Gasteiger partial charge in [0.05, 0.1) is 24.3 Å². The summed E-state index contributed by atoms with van der Waals surface area (Å²) in [6.45, 7) is 3.60. The predicted octanol–water partition coefficient (Wildman–Crippen LogP) is 7.01. The van der Waals surface area contributed by atoms with E-state index < -0.39 is 52.0 Å². The molecule has 0 N–H and O–H groups in total. The summed E-state index contributed by atoms with van der Waals surface area (Å²) in [5.74, 6) is -2.07. The second-order valence-electron chi connectivity index (χ2n) is 7.89. The van der Waals surface area contributed by atoms with Crippen LogP contribution in [0.3, 0.4) is 0 Å². The van der Waals surface area contributed by atoms with Crippen molar-refractivity contribution in [3.63, 3.8) is 0 Å². The van der Waals surface area contributed by atoms with Gasteiger partial charge in [-0.2, -0.15) is 26.3 Å². The summed E-state index contributed by atoms with van der Waals surface area (Å²) in [5.41, 5.74) is -7.87. The molecule has 0 aliphatic carbocycles. The third kappa shape index (κ3) is 6.15. The molecule has 0 aromatic heterocycles. The molecule has 0 bridgehead atoms. The second-order valence-corrected chi connectivity index (χ2v) is 7.89. The molecule has 10 heteroatoms. The molecule has 0 saturated heterocycles. The highest BCUT2D eigenvalue weighted by atomic mass is 19.4. The molecule has 192 valence electrons. The van der Waals surface area contributed by atoms with Gasteiger partial charge in [0.1, 0.15) is 0 Å². The smallest absolute Gasteiger partial charge is 0.411 e. The predicted molar refractivity (Wildman–Crippen MR) is 116 cm³/mol. The van der Waals surface area contributed by atoms with Crippen LogP contribution in [0.25, 0.3) is 0 Å². The zero-order valence-electron chi connectivity index (χ0n) is 19.3. The topological polar surface area (TPSA) is 52.6 Å². The molecule has 0 saturated carbocycles. The molecule has 2 rings (SSSR count). The molecule has 0 aliphatic heterocycles. The molecule has 0 radical (unpaired) electrons. The fraction of sp³-hybridized carbons (Fsp3) is 0.440. The van der Waals surface area contributed by atoms with Crippen LogP contribution in [-0.2, 0) is 14.9 Å². The molecule has 35 heavy (non-hydrogen) atoms. The molecule has 0 fully saturated rings. The van der Waals surface area contributed by atoms with Crippen LogP contribution in [0.4, 0.5) is 26.3 Å². The van der Waals surface area contributed by atoms with Crippen molar-refractivity contribution in [2.75, 3.05) is 13.2 Å². The van der Waals surface area contributed by atoms with Gasteiger partial charge in [-0.15, -0.1) is 0 Å². The van der Waals surface area contributed by atoms with Gasteiger partial charge >= 0.3 is 24.3 Å². The van der Waals surface area contributed by atoms with Gasteiger partial charge < -0.3 is 9.47 Å². The Morgan fingerprint density at radius 3 is 1.37 bits per heavy atom. The first-order chi connectivity index (χ1) is 16.4. The number of alkyl halides is 6. The van der Waals surface area contributed by atoms with Gasteiger partial charge in [0.15, 0.2) is 0 Å². The van der Waals surface area contributed by atoms with Crippen molar-refractivity contribution in [2.24, 2.45) is 0 Å². The zero-order chi connectivity index (χ0) is 26.3. The van der Waals surface area contributed by atoms with Crippen molar-refractivity contribution in [3.8, 4) is 0 Å². The highest BCUT2D eigenvalue weighted by Crippen LogP contribution is 2.56. The van der Waals surface area contributed by atoms with Gasteiger partial charge in [-0.25, -0.2) is 9.59 Å². The minimum absolute atomic E-state index is 0.0224. The van der Waals surface area contributed by atoms with Crippen LogP contribution in [0.5, 0.6) is 0 Å². The normalized spacial score (nSPS) is 12.3. The number of carbonyl (C=O) groups is 2. The Bertz CT molecular complexity index is 932. The quantitative estimate of drug-likeness (QED) is 0.198. The molecule has 0 amide bonds. The van der Waals surface area contributed by atoms with Gasteiger partial charge in [0.25, 0.3) is 0 Å². The molecule has 0 heterocycles. The maximum absolute atomic E-state index is 14.5. The standard InChI is InChI=1S/C25H26F6O4/c1-3-5-13-34-21(32)17-9-7-11-19(15-17)23(24(26,27)28,25(29,30)31)20-12-8-10-18(16-20)22(33)35-14-6-4-2/h7-12,15-16H,3-6,13-14H2,1-2H3. The van der Waals surface area contributed by atoms with Crippen molar-refractivity contribution >= 4 is 11.9 Å². The number of unbranched alkanes of at least 4 members (excludes halogenated alkanes) is 2. The number of esters is 2. The van der Waals surface area contributed by atoms with Crippen LogP contribution in [0, 0.1) is 0 Å². The van der Waals surface area contributed by atoms with E-state index in [2.05, 4.69) is 0 Å². The third-order valence-electron chi connectivity index (χ3n) is 5.38. The van der Waals surface area contributed by atoms with E-state index in [9.17, 15) is 35.9 Å². The minimum Gasteiger partial charge on any atom is -0.462 e. The number of halogens is 6. The van der Waals surface area contributed by atoms with Crippen LogP contribution in [0.2, 0.25) is 0 Å². The van der Waals surface area contributed by atoms with Crippen LogP contribution in [-0.4, -0.2) is 37.5 Å². The average Bonchev–Trinajstić information content (AvgIpc) is 2.78. The fourth-order valence-electron chi connectivity index (χ4n) is 3.53. The van der Waals surface area contributed by atoms with Crippen molar-refractivity contribution in [1.29, 1.82) is 0 Å². The molecule has 0 aliphatic rings. The molecule has 4 nitrogen and oxygen atoms in total. The van der Waals surface area contributed by atoms with Gasteiger partial charge in [-0.05, 0) is 48.2 Å². The minimum atomic E-state index is -5.87. The van der Waals surface area contributed by atoms with Crippen LogP contribution < -0.4 is 0 Å². The SMILES string of the molecule is CCCCOC(=O)c1cccc(C(c2cccc(C(=O)OCCCC)c2)(C(F)(F)F)C(F)(F)F)c1. The van der Waals surface area contributed by atoms with Gasteiger partial charge in [-0.3, -0.25) is 0 Å².